The van der Waals surface area contributed by atoms with Gasteiger partial charge in [0.2, 0.25) is 0 Å². The highest BCUT2D eigenvalue weighted by atomic mass is 16.7. The lowest BCUT2D eigenvalue weighted by Gasteiger charge is -2.42. The fourth-order valence-corrected chi connectivity index (χ4v) is 10.1. The van der Waals surface area contributed by atoms with Gasteiger partial charge in [0.1, 0.15) is 54.9 Å². The molecule has 0 bridgehead atoms. The van der Waals surface area contributed by atoms with Crippen LogP contribution in [0.5, 0.6) is 0 Å². The lowest BCUT2D eigenvalue weighted by atomic mass is 9.98. The molecule has 11 atom stereocenters. The van der Waals surface area contributed by atoms with E-state index in [1.165, 1.54) is 180 Å². The summed E-state index contributed by atoms with van der Waals surface area (Å²) in [7, 11) is 0. The van der Waals surface area contributed by atoms with Crippen molar-refractivity contribution in [2.75, 3.05) is 33.0 Å². The minimum absolute atomic E-state index is 0.0601. The zero-order chi connectivity index (χ0) is 57.2. The zero-order valence-electron chi connectivity index (χ0n) is 49.9. The Morgan fingerprint density at radius 2 is 0.785 bits per heavy atom. The van der Waals surface area contributed by atoms with Crippen LogP contribution in [0.3, 0.4) is 0 Å². The molecule has 2 rings (SSSR count). The van der Waals surface area contributed by atoms with Gasteiger partial charge >= 0.3 is 5.97 Å². The molecule has 2 aliphatic heterocycles. The van der Waals surface area contributed by atoms with E-state index in [4.69, 9.17) is 28.4 Å². The molecule has 11 unspecified atom stereocenters. The third kappa shape index (κ3) is 37.7. The number of unbranched alkanes of at least 4 members (excludes halogenated alkanes) is 31. The Labute approximate surface area is 480 Å². The van der Waals surface area contributed by atoms with E-state index in [1.54, 1.807) is 0 Å². The van der Waals surface area contributed by atoms with Crippen LogP contribution in [0.4, 0.5) is 0 Å². The molecule has 2 fully saturated rings. The van der Waals surface area contributed by atoms with Crippen LogP contribution >= 0.6 is 0 Å². The number of hydrogen-bond donors (Lipinski definition) is 7. The quantitative estimate of drug-likeness (QED) is 0.0172. The van der Waals surface area contributed by atoms with Gasteiger partial charge in [-0.25, -0.2) is 0 Å². The predicted molar refractivity (Wildman–Crippen MR) is 316 cm³/mol. The van der Waals surface area contributed by atoms with Crippen molar-refractivity contribution in [2.45, 2.75) is 325 Å². The van der Waals surface area contributed by atoms with Gasteiger partial charge in [-0.2, -0.15) is 0 Å². The number of rotatable bonds is 53. The second kappa shape index (κ2) is 51.6. The molecule has 462 valence electrons. The summed E-state index contributed by atoms with van der Waals surface area (Å²) in [4.78, 5) is 13.1. The maximum atomic E-state index is 13.1. The van der Waals surface area contributed by atoms with E-state index in [2.05, 4.69) is 62.5 Å². The summed E-state index contributed by atoms with van der Waals surface area (Å²) in [5, 5.41) is 72.5. The monoisotopic (exact) mass is 1120 g/mol. The Balaban J connectivity index is 1.67. The fraction of sp³-hybridized carbons (Fsp3) is 0.862. The van der Waals surface area contributed by atoms with E-state index in [9.17, 15) is 40.5 Å². The molecule has 0 aliphatic carbocycles. The first kappa shape index (κ1) is 73.1. The molecule has 14 heteroatoms. The van der Waals surface area contributed by atoms with E-state index < -0.39 is 80.7 Å². The molecule has 2 aliphatic rings. The van der Waals surface area contributed by atoms with Gasteiger partial charge in [-0.15, -0.1) is 0 Å². The number of carbonyl (C=O) groups excluding carboxylic acids is 1. The number of hydrogen-bond acceptors (Lipinski definition) is 14. The molecule has 7 N–H and O–H groups in total. The molecule has 0 aromatic carbocycles. The first-order valence-electron chi connectivity index (χ1n) is 32.2. The Morgan fingerprint density at radius 1 is 0.418 bits per heavy atom. The normalized spacial score (nSPS) is 24.3. The highest BCUT2D eigenvalue weighted by Gasteiger charge is 2.47. The van der Waals surface area contributed by atoms with Gasteiger partial charge in [-0.3, -0.25) is 4.79 Å². The van der Waals surface area contributed by atoms with Crippen LogP contribution in [0.15, 0.2) is 48.6 Å². The van der Waals surface area contributed by atoms with Gasteiger partial charge < -0.3 is 64.2 Å². The summed E-state index contributed by atoms with van der Waals surface area (Å²) >= 11 is 0. The second-order valence-electron chi connectivity index (χ2n) is 22.6. The highest BCUT2D eigenvalue weighted by Crippen LogP contribution is 2.27. The number of aliphatic hydroxyl groups is 7. The van der Waals surface area contributed by atoms with E-state index >= 15 is 0 Å². The first-order valence-corrected chi connectivity index (χ1v) is 32.2. The molecule has 79 heavy (non-hydrogen) atoms. The molecule has 0 radical (unpaired) electrons. The molecule has 2 heterocycles. The third-order valence-corrected chi connectivity index (χ3v) is 15.3. The lowest BCUT2D eigenvalue weighted by molar-refractivity contribution is -0.332. The maximum Gasteiger partial charge on any atom is 0.306 e. The molecule has 0 spiro atoms. The lowest BCUT2D eigenvalue weighted by Crippen LogP contribution is -2.61. The summed E-state index contributed by atoms with van der Waals surface area (Å²) in [6.07, 6.45) is 47.4. The molecule has 2 saturated heterocycles. The molecule has 0 aromatic heterocycles. The van der Waals surface area contributed by atoms with Crippen molar-refractivity contribution in [2.24, 2.45) is 0 Å². The van der Waals surface area contributed by atoms with Crippen molar-refractivity contribution in [3.8, 4) is 0 Å². The van der Waals surface area contributed by atoms with Crippen molar-refractivity contribution < 1.29 is 69.0 Å². The molecule has 0 saturated carbocycles. The van der Waals surface area contributed by atoms with E-state index in [0.29, 0.717) is 13.0 Å². The number of allylic oxidation sites excluding steroid dienone is 8. The van der Waals surface area contributed by atoms with Crippen molar-refractivity contribution >= 4 is 5.97 Å². The Kier molecular flexibility index (Phi) is 47.7. The van der Waals surface area contributed by atoms with Gasteiger partial charge in [0.05, 0.1) is 26.4 Å². The first-order chi connectivity index (χ1) is 38.6. The molecule has 0 amide bonds. The maximum absolute atomic E-state index is 13.1. The molecule has 0 aromatic rings. The van der Waals surface area contributed by atoms with Crippen molar-refractivity contribution in [3.63, 3.8) is 0 Å². The van der Waals surface area contributed by atoms with E-state index in [-0.39, 0.29) is 25.6 Å². The summed E-state index contributed by atoms with van der Waals surface area (Å²) in [5.74, 6) is -0.375. The van der Waals surface area contributed by atoms with Gasteiger partial charge in [-0.05, 0) is 77.0 Å². The van der Waals surface area contributed by atoms with Crippen LogP contribution in [-0.2, 0) is 33.2 Å². The Morgan fingerprint density at radius 3 is 1.24 bits per heavy atom. The number of ether oxygens (including phenoxy) is 6. The van der Waals surface area contributed by atoms with Gasteiger partial charge in [-0.1, -0.05) is 223 Å². The van der Waals surface area contributed by atoms with E-state index in [1.807, 2.05) is 0 Å². The fourth-order valence-electron chi connectivity index (χ4n) is 10.1. The van der Waals surface area contributed by atoms with E-state index in [0.717, 1.165) is 51.4 Å². The minimum Gasteiger partial charge on any atom is -0.457 e. The summed E-state index contributed by atoms with van der Waals surface area (Å²) in [6, 6.07) is 0. The van der Waals surface area contributed by atoms with Crippen LogP contribution in [-0.4, -0.2) is 142 Å². The van der Waals surface area contributed by atoms with Crippen LogP contribution in [0.1, 0.15) is 258 Å². The summed E-state index contributed by atoms with van der Waals surface area (Å²) < 4.78 is 34.5. The Hall–Kier alpha value is -2.05. The molecular weight excluding hydrogens is 1000 g/mol. The largest absolute Gasteiger partial charge is 0.457 e. The highest BCUT2D eigenvalue weighted by molar-refractivity contribution is 5.69. The molecule has 14 nitrogen and oxygen atoms in total. The number of carbonyl (C=O) groups is 1. The van der Waals surface area contributed by atoms with Crippen molar-refractivity contribution in [1.82, 2.24) is 0 Å². The second-order valence-corrected chi connectivity index (χ2v) is 22.6. The predicted octanol–water partition coefficient (Wildman–Crippen LogP) is 12.6. The van der Waals surface area contributed by atoms with Gasteiger partial charge in [0.15, 0.2) is 12.6 Å². The summed E-state index contributed by atoms with van der Waals surface area (Å²) in [6.45, 7) is 3.69. The average Bonchev–Trinajstić information content (AvgIpc) is 3.46. The Bertz CT molecular complexity index is 1490. The van der Waals surface area contributed by atoms with Crippen LogP contribution < -0.4 is 0 Å². The van der Waals surface area contributed by atoms with Crippen LogP contribution in [0.25, 0.3) is 0 Å². The van der Waals surface area contributed by atoms with Gasteiger partial charge in [0.25, 0.3) is 0 Å². The third-order valence-electron chi connectivity index (χ3n) is 15.3. The molecular formula is C65H118O14. The topological polar surface area (TPSA) is 214 Å². The van der Waals surface area contributed by atoms with Crippen LogP contribution in [0.2, 0.25) is 0 Å². The van der Waals surface area contributed by atoms with Crippen molar-refractivity contribution in [3.05, 3.63) is 48.6 Å². The zero-order valence-corrected chi connectivity index (χ0v) is 49.9. The van der Waals surface area contributed by atoms with Crippen LogP contribution in [0, 0.1) is 0 Å². The number of aliphatic hydroxyl groups excluding tert-OH is 7. The number of esters is 1. The standard InChI is InChI=1S/C65H118O14/c1-3-5-7-9-11-13-15-17-19-21-23-25-26-27-28-29-30-32-34-36-38-40-42-44-46-48-57(67)77-54(51-74-49-47-45-43-41-39-37-35-33-31-24-22-20-18-16-14-12-10-8-6-4-2)52-75-64-63(73)61(71)59(69)56(79-64)53-76-65-62(72)60(70)58(68)55(50-66)78-65/h12,14-15,17-18,20-21,23,54-56,58-66,68-73H,3-11,13,16,19,22,24-53H2,1-2H3/b14-12-,17-15-,20-18-,23-21-. The smallest absolute Gasteiger partial charge is 0.306 e. The summed E-state index contributed by atoms with van der Waals surface area (Å²) in [5.41, 5.74) is 0. The van der Waals surface area contributed by atoms with Gasteiger partial charge in [0, 0.05) is 13.0 Å². The van der Waals surface area contributed by atoms with Crippen molar-refractivity contribution in [1.29, 1.82) is 0 Å². The average molecular weight is 1120 g/mol. The SMILES string of the molecule is CCCCC/C=C\C/C=C\CCCCCCCCCCCCOCC(COC1OC(COC2OC(CO)C(O)C(O)C2O)C(O)C(O)C1O)OC(=O)CCCCCCCCCCCCCCC/C=C\C/C=C\CCCCCCC. The minimum atomic E-state index is -1.71.